The lowest BCUT2D eigenvalue weighted by Crippen LogP contribution is -2.31. The van der Waals surface area contributed by atoms with Crippen molar-refractivity contribution in [3.63, 3.8) is 0 Å². The Morgan fingerprint density at radius 2 is 1.90 bits per heavy atom. The van der Waals surface area contributed by atoms with Crippen molar-refractivity contribution < 1.29 is 12.8 Å². The Labute approximate surface area is 127 Å². The van der Waals surface area contributed by atoms with Crippen LogP contribution < -0.4 is 5.32 Å². The molecule has 1 rings (SSSR count). The van der Waals surface area contributed by atoms with E-state index in [1.807, 2.05) is 19.9 Å². The standard InChI is InChI=1S/C16H26FNO2S/c1-4-21(19,20)10-9-14(12-18-13(2)3)11-15-7-5-6-8-16(15)17/h5-8,13-14,18H,4,9-12H2,1-3H3. The fourth-order valence-electron chi connectivity index (χ4n) is 2.14. The molecule has 0 heterocycles. The number of rotatable bonds is 9. The van der Waals surface area contributed by atoms with Crippen molar-refractivity contribution >= 4 is 9.84 Å². The quantitative estimate of drug-likeness (QED) is 0.762. The maximum atomic E-state index is 13.8. The minimum absolute atomic E-state index is 0.116. The van der Waals surface area contributed by atoms with Gasteiger partial charge in [0.05, 0.1) is 5.75 Å². The molecule has 0 fully saturated rings. The van der Waals surface area contributed by atoms with Crippen LogP contribution in [0.5, 0.6) is 0 Å². The first-order chi connectivity index (χ1) is 9.84. The van der Waals surface area contributed by atoms with E-state index in [4.69, 9.17) is 0 Å². The summed E-state index contributed by atoms with van der Waals surface area (Å²) in [4.78, 5) is 0. The van der Waals surface area contributed by atoms with Crippen LogP contribution in [-0.4, -0.2) is 32.5 Å². The van der Waals surface area contributed by atoms with Crippen LogP contribution in [0.15, 0.2) is 24.3 Å². The van der Waals surface area contributed by atoms with E-state index in [-0.39, 0.29) is 23.2 Å². The number of hydrogen-bond donors (Lipinski definition) is 1. The molecule has 0 aromatic heterocycles. The van der Waals surface area contributed by atoms with Gasteiger partial charge < -0.3 is 5.32 Å². The van der Waals surface area contributed by atoms with E-state index in [9.17, 15) is 12.8 Å². The highest BCUT2D eigenvalue weighted by Crippen LogP contribution is 2.16. The predicted molar refractivity (Wildman–Crippen MR) is 85.7 cm³/mol. The molecule has 1 N–H and O–H groups in total. The Morgan fingerprint density at radius 1 is 1.24 bits per heavy atom. The van der Waals surface area contributed by atoms with Crippen LogP contribution in [0.2, 0.25) is 0 Å². The third kappa shape index (κ3) is 7.05. The highest BCUT2D eigenvalue weighted by atomic mass is 32.2. The molecule has 0 aliphatic rings. The number of sulfone groups is 1. The third-order valence-corrected chi connectivity index (χ3v) is 5.30. The highest BCUT2D eigenvalue weighted by Gasteiger charge is 2.16. The Hall–Kier alpha value is -0.940. The second-order valence-electron chi connectivity index (χ2n) is 5.75. The summed E-state index contributed by atoms with van der Waals surface area (Å²) in [6, 6.07) is 7.03. The summed E-state index contributed by atoms with van der Waals surface area (Å²) in [6.07, 6.45) is 1.12. The molecule has 0 bridgehead atoms. The van der Waals surface area contributed by atoms with Gasteiger partial charge in [-0.3, -0.25) is 0 Å². The van der Waals surface area contributed by atoms with Crippen LogP contribution in [0.1, 0.15) is 32.8 Å². The summed E-state index contributed by atoms with van der Waals surface area (Å²) < 4.78 is 37.1. The Balaban J connectivity index is 2.70. The maximum absolute atomic E-state index is 13.8. The van der Waals surface area contributed by atoms with E-state index >= 15 is 0 Å². The van der Waals surface area contributed by atoms with Gasteiger partial charge in [0.25, 0.3) is 0 Å². The van der Waals surface area contributed by atoms with Gasteiger partial charge in [0, 0.05) is 11.8 Å². The van der Waals surface area contributed by atoms with Crippen molar-refractivity contribution in [3.05, 3.63) is 35.6 Å². The Bertz CT molecular complexity index is 529. The van der Waals surface area contributed by atoms with E-state index in [0.29, 0.717) is 31.0 Å². The molecule has 0 aliphatic carbocycles. The lowest BCUT2D eigenvalue weighted by atomic mass is 9.96. The zero-order valence-electron chi connectivity index (χ0n) is 13.1. The van der Waals surface area contributed by atoms with Crippen LogP contribution in [0.4, 0.5) is 4.39 Å². The molecule has 0 radical (unpaired) electrons. The largest absolute Gasteiger partial charge is 0.314 e. The summed E-state index contributed by atoms with van der Waals surface area (Å²) in [5, 5.41) is 3.32. The number of hydrogen-bond acceptors (Lipinski definition) is 3. The van der Waals surface area contributed by atoms with Gasteiger partial charge in [-0.1, -0.05) is 39.0 Å². The molecule has 3 nitrogen and oxygen atoms in total. The summed E-state index contributed by atoms with van der Waals surface area (Å²) >= 11 is 0. The molecule has 120 valence electrons. The number of benzene rings is 1. The monoisotopic (exact) mass is 315 g/mol. The maximum Gasteiger partial charge on any atom is 0.150 e. The van der Waals surface area contributed by atoms with Gasteiger partial charge in [0.2, 0.25) is 0 Å². The molecular weight excluding hydrogens is 289 g/mol. The van der Waals surface area contributed by atoms with Crippen molar-refractivity contribution in [2.45, 2.75) is 39.7 Å². The second-order valence-corrected chi connectivity index (χ2v) is 8.22. The normalized spacial score (nSPS) is 13.6. The number of halogens is 1. The summed E-state index contributed by atoms with van der Waals surface area (Å²) in [7, 11) is -2.98. The molecule has 1 atom stereocenters. The fraction of sp³-hybridized carbons (Fsp3) is 0.625. The molecule has 0 spiro atoms. The van der Waals surface area contributed by atoms with Crippen LogP contribution >= 0.6 is 0 Å². The Kier molecular flexibility index (Phi) is 7.32. The molecule has 1 unspecified atom stereocenters. The summed E-state index contributed by atoms with van der Waals surface area (Å²) in [6.45, 7) is 6.45. The van der Waals surface area contributed by atoms with E-state index in [2.05, 4.69) is 5.32 Å². The van der Waals surface area contributed by atoms with Crippen LogP contribution in [0, 0.1) is 11.7 Å². The first-order valence-electron chi connectivity index (χ1n) is 7.51. The lowest BCUT2D eigenvalue weighted by molar-refractivity contribution is 0.428. The van der Waals surface area contributed by atoms with E-state index < -0.39 is 9.84 Å². The molecule has 0 amide bonds. The molecule has 0 aliphatic heterocycles. The van der Waals surface area contributed by atoms with E-state index in [0.717, 1.165) is 0 Å². The zero-order chi connectivity index (χ0) is 15.9. The summed E-state index contributed by atoms with van der Waals surface area (Å²) in [5.74, 6) is 0.232. The molecule has 0 saturated heterocycles. The minimum Gasteiger partial charge on any atom is -0.314 e. The highest BCUT2D eigenvalue weighted by molar-refractivity contribution is 7.91. The molecule has 1 aromatic rings. The van der Waals surface area contributed by atoms with Crippen molar-refractivity contribution in [2.24, 2.45) is 5.92 Å². The van der Waals surface area contributed by atoms with Gasteiger partial charge >= 0.3 is 0 Å². The first-order valence-corrected chi connectivity index (χ1v) is 9.33. The third-order valence-electron chi connectivity index (χ3n) is 3.56. The Morgan fingerprint density at radius 3 is 2.48 bits per heavy atom. The van der Waals surface area contributed by atoms with Gasteiger partial charge in [-0.05, 0) is 36.9 Å². The van der Waals surface area contributed by atoms with Crippen LogP contribution in [-0.2, 0) is 16.3 Å². The molecule has 21 heavy (non-hydrogen) atoms. The van der Waals surface area contributed by atoms with Crippen molar-refractivity contribution in [1.29, 1.82) is 0 Å². The van der Waals surface area contributed by atoms with E-state index in [1.165, 1.54) is 6.07 Å². The van der Waals surface area contributed by atoms with Gasteiger partial charge in [0.15, 0.2) is 0 Å². The predicted octanol–water partition coefficient (Wildman–Crippen LogP) is 2.81. The molecular formula is C16H26FNO2S. The van der Waals surface area contributed by atoms with Crippen molar-refractivity contribution in [1.82, 2.24) is 5.32 Å². The van der Waals surface area contributed by atoms with Crippen molar-refractivity contribution in [2.75, 3.05) is 18.1 Å². The number of nitrogens with one attached hydrogen (secondary N) is 1. The zero-order valence-corrected chi connectivity index (χ0v) is 13.9. The average molecular weight is 315 g/mol. The smallest absolute Gasteiger partial charge is 0.150 e. The minimum atomic E-state index is -2.98. The summed E-state index contributed by atoms with van der Waals surface area (Å²) in [5.41, 5.74) is 0.655. The first kappa shape index (κ1) is 18.1. The molecule has 0 saturated carbocycles. The van der Waals surface area contributed by atoms with Gasteiger partial charge in [-0.15, -0.1) is 0 Å². The molecule has 1 aromatic carbocycles. The SMILES string of the molecule is CCS(=O)(=O)CCC(CNC(C)C)Cc1ccccc1F. The topological polar surface area (TPSA) is 46.2 Å². The van der Waals surface area contributed by atoms with Crippen molar-refractivity contribution in [3.8, 4) is 0 Å². The average Bonchev–Trinajstić information content (AvgIpc) is 2.44. The van der Waals surface area contributed by atoms with Gasteiger partial charge in [0.1, 0.15) is 15.7 Å². The van der Waals surface area contributed by atoms with E-state index in [1.54, 1.807) is 19.1 Å². The van der Waals surface area contributed by atoms with Crippen LogP contribution in [0.25, 0.3) is 0 Å². The van der Waals surface area contributed by atoms with Gasteiger partial charge in [-0.2, -0.15) is 0 Å². The second kappa shape index (κ2) is 8.49. The van der Waals surface area contributed by atoms with Gasteiger partial charge in [-0.25, -0.2) is 12.8 Å². The molecule has 5 heteroatoms. The van der Waals surface area contributed by atoms with Crippen LogP contribution in [0.3, 0.4) is 0 Å². The fourth-order valence-corrected chi connectivity index (χ4v) is 3.13. The lowest BCUT2D eigenvalue weighted by Gasteiger charge is -2.19.